The summed E-state index contributed by atoms with van der Waals surface area (Å²) in [5.41, 5.74) is 1.56. The van der Waals surface area contributed by atoms with Crippen molar-refractivity contribution in [2.24, 2.45) is 0 Å². The molecule has 0 aliphatic rings. The van der Waals surface area contributed by atoms with E-state index >= 15 is 0 Å². The van der Waals surface area contributed by atoms with Crippen molar-refractivity contribution in [1.82, 2.24) is 4.98 Å². The minimum atomic E-state index is 0.455. The number of rotatable bonds is 2. The molecule has 4 heteroatoms. The fraction of sp³-hybridized carbons (Fsp3) is 0.167. The molecule has 0 saturated heterocycles. The average Bonchev–Trinajstić information content (AvgIpc) is 2.31. The van der Waals surface area contributed by atoms with Crippen molar-refractivity contribution in [1.29, 1.82) is 5.26 Å². The molecule has 2 nitrogen and oxygen atoms in total. The van der Waals surface area contributed by atoms with Gasteiger partial charge in [0.1, 0.15) is 0 Å². The first-order valence-electron chi connectivity index (χ1n) is 4.83. The molecule has 0 radical (unpaired) electrons. The topological polar surface area (TPSA) is 36.7 Å². The lowest BCUT2D eigenvalue weighted by Crippen LogP contribution is -1.90. The Balaban J connectivity index is 2.52. The summed E-state index contributed by atoms with van der Waals surface area (Å²) in [5.74, 6) is 0. The number of pyridine rings is 1. The van der Waals surface area contributed by atoms with Gasteiger partial charge in [-0.1, -0.05) is 35.3 Å². The molecule has 0 saturated carbocycles. The molecule has 1 heterocycles. The molecule has 0 N–H and O–H groups in total. The largest absolute Gasteiger partial charge is 0.251 e. The Labute approximate surface area is 103 Å². The maximum absolute atomic E-state index is 8.51. The molecule has 0 spiro atoms. The Bertz CT molecular complexity index is 573. The summed E-state index contributed by atoms with van der Waals surface area (Å²) < 4.78 is 0. The molecule has 0 fully saturated rings. The number of halogens is 2. The van der Waals surface area contributed by atoms with Gasteiger partial charge in [0.15, 0.2) is 0 Å². The third-order valence-electron chi connectivity index (χ3n) is 2.30. The van der Waals surface area contributed by atoms with E-state index in [1.54, 1.807) is 6.07 Å². The molecule has 80 valence electrons. The van der Waals surface area contributed by atoms with Crippen LogP contribution in [0.1, 0.15) is 12.1 Å². The number of hydrogen-bond acceptors (Lipinski definition) is 2. The zero-order chi connectivity index (χ0) is 11.5. The number of hydrogen-bond donors (Lipinski definition) is 0. The normalized spacial score (nSPS) is 10.3. The van der Waals surface area contributed by atoms with Crippen molar-refractivity contribution in [3.63, 3.8) is 0 Å². The highest BCUT2D eigenvalue weighted by molar-refractivity contribution is 6.44. The summed E-state index contributed by atoms with van der Waals surface area (Å²) in [7, 11) is 0. The third-order valence-corrected chi connectivity index (χ3v) is 3.10. The van der Waals surface area contributed by atoms with Gasteiger partial charge in [-0.3, -0.25) is 4.98 Å². The lowest BCUT2D eigenvalue weighted by Gasteiger charge is -2.04. The number of aromatic nitrogens is 1. The number of fused-ring (bicyclic) bond motifs is 1. The summed E-state index contributed by atoms with van der Waals surface area (Å²) in [6.07, 6.45) is 1.09. The van der Waals surface area contributed by atoms with Crippen LogP contribution in [-0.4, -0.2) is 4.98 Å². The van der Waals surface area contributed by atoms with E-state index in [9.17, 15) is 0 Å². The fourth-order valence-electron chi connectivity index (χ4n) is 1.49. The van der Waals surface area contributed by atoms with Crippen LogP contribution >= 0.6 is 23.2 Å². The van der Waals surface area contributed by atoms with Gasteiger partial charge in [-0.25, -0.2) is 0 Å². The van der Waals surface area contributed by atoms with Crippen LogP contribution in [0.2, 0.25) is 10.0 Å². The van der Waals surface area contributed by atoms with Crippen molar-refractivity contribution in [2.75, 3.05) is 0 Å². The van der Waals surface area contributed by atoms with Gasteiger partial charge >= 0.3 is 0 Å². The fourth-order valence-corrected chi connectivity index (χ4v) is 1.86. The van der Waals surface area contributed by atoms with Crippen molar-refractivity contribution < 1.29 is 0 Å². The van der Waals surface area contributed by atoms with E-state index in [1.807, 2.05) is 18.2 Å². The van der Waals surface area contributed by atoms with Crippen molar-refractivity contribution in [2.45, 2.75) is 12.8 Å². The highest BCUT2D eigenvalue weighted by Crippen LogP contribution is 2.29. The number of aryl methyl sites for hydroxylation is 1. The standard InChI is InChI=1S/C12H8Cl2N2/c13-10-6-4-8-3-5-9(2-1-7-15)16-12(8)11(10)14/h3-6H,1-2H2. The maximum Gasteiger partial charge on any atom is 0.0906 e. The number of nitrogens with zero attached hydrogens (tertiary/aromatic N) is 2. The quantitative estimate of drug-likeness (QED) is 0.808. The SMILES string of the molecule is N#CCCc1ccc2ccc(Cl)c(Cl)c2n1. The Morgan fingerprint density at radius 1 is 1.19 bits per heavy atom. The van der Waals surface area contributed by atoms with E-state index in [-0.39, 0.29) is 0 Å². The average molecular weight is 251 g/mol. The van der Waals surface area contributed by atoms with Gasteiger partial charge in [0.25, 0.3) is 0 Å². The zero-order valence-corrected chi connectivity index (χ0v) is 9.89. The second-order valence-corrected chi connectivity index (χ2v) is 4.18. The van der Waals surface area contributed by atoms with Crippen molar-refractivity contribution >= 4 is 34.1 Å². The van der Waals surface area contributed by atoms with E-state index in [0.29, 0.717) is 28.4 Å². The summed E-state index contributed by atoms with van der Waals surface area (Å²) in [5, 5.41) is 10.4. The van der Waals surface area contributed by atoms with Gasteiger partial charge in [0.05, 0.1) is 21.6 Å². The zero-order valence-electron chi connectivity index (χ0n) is 8.37. The van der Waals surface area contributed by atoms with Gasteiger partial charge in [-0.05, 0) is 12.1 Å². The van der Waals surface area contributed by atoms with Crippen LogP contribution in [0.3, 0.4) is 0 Å². The Kier molecular flexibility index (Phi) is 3.28. The minimum Gasteiger partial charge on any atom is -0.251 e. The molecule has 0 aliphatic heterocycles. The predicted octanol–water partition coefficient (Wildman–Crippen LogP) is 4.00. The van der Waals surface area contributed by atoms with Gasteiger partial charge in [0, 0.05) is 23.9 Å². The summed E-state index contributed by atoms with van der Waals surface area (Å²) in [6, 6.07) is 9.57. The first kappa shape index (κ1) is 11.2. The van der Waals surface area contributed by atoms with Crippen molar-refractivity contribution in [3.8, 4) is 6.07 Å². The number of nitriles is 1. The van der Waals surface area contributed by atoms with Gasteiger partial charge in [0.2, 0.25) is 0 Å². The minimum absolute atomic E-state index is 0.455. The molecule has 0 amide bonds. The van der Waals surface area contributed by atoms with Crippen LogP contribution in [0, 0.1) is 11.3 Å². The van der Waals surface area contributed by atoms with Crippen LogP contribution in [0.25, 0.3) is 10.9 Å². The lowest BCUT2D eigenvalue weighted by molar-refractivity contribution is 0.963. The number of benzene rings is 1. The molecular weight excluding hydrogens is 243 g/mol. The molecule has 1 aromatic carbocycles. The van der Waals surface area contributed by atoms with E-state index in [4.69, 9.17) is 28.5 Å². The molecule has 2 rings (SSSR count). The maximum atomic E-state index is 8.51. The predicted molar refractivity (Wildman–Crippen MR) is 65.7 cm³/mol. The van der Waals surface area contributed by atoms with Crippen LogP contribution in [0.4, 0.5) is 0 Å². The molecule has 0 atom stereocenters. The highest BCUT2D eigenvalue weighted by atomic mass is 35.5. The monoisotopic (exact) mass is 250 g/mol. The van der Waals surface area contributed by atoms with Crippen LogP contribution in [0.15, 0.2) is 24.3 Å². The molecular formula is C12H8Cl2N2. The third kappa shape index (κ3) is 2.11. The molecule has 0 unspecified atom stereocenters. The summed E-state index contributed by atoms with van der Waals surface area (Å²) in [4.78, 5) is 4.41. The van der Waals surface area contributed by atoms with E-state index in [0.717, 1.165) is 11.1 Å². The van der Waals surface area contributed by atoms with E-state index < -0.39 is 0 Å². The van der Waals surface area contributed by atoms with Crippen LogP contribution in [-0.2, 0) is 6.42 Å². The second-order valence-electron chi connectivity index (χ2n) is 3.39. The molecule has 0 bridgehead atoms. The molecule has 0 aliphatic carbocycles. The Morgan fingerprint density at radius 2 is 1.94 bits per heavy atom. The Morgan fingerprint density at radius 3 is 2.69 bits per heavy atom. The van der Waals surface area contributed by atoms with Crippen molar-refractivity contribution in [3.05, 3.63) is 40.0 Å². The summed E-state index contributed by atoms with van der Waals surface area (Å²) in [6.45, 7) is 0. The highest BCUT2D eigenvalue weighted by Gasteiger charge is 2.06. The molecule has 16 heavy (non-hydrogen) atoms. The molecule has 2 aromatic rings. The van der Waals surface area contributed by atoms with E-state index in [1.165, 1.54) is 0 Å². The van der Waals surface area contributed by atoms with Gasteiger partial charge in [-0.15, -0.1) is 0 Å². The second kappa shape index (κ2) is 4.69. The smallest absolute Gasteiger partial charge is 0.0906 e. The Hall–Kier alpha value is -1.30. The first-order chi connectivity index (χ1) is 7.72. The molecule has 1 aromatic heterocycles. The lowest BCUT2D eigenvalue weighted by atomic mass is 10.1. The van der Waals surface area contributed by atoms with Gasteiger partial charge < -0.3 is 0 Å². The van der Waals surface area contributed by atoms with Crippen LogP contribution < -0.4 is 0 Å². The summed E-state index contributed by atoms with van der Waals surface area (Å²) >= 11 is 12.0. The van der Waals surface area contributed by atoms with E-state index in [2.05, 4.69) is 11.1 Å². The van der Waals surface area contributed by atoms with Gasteiger partial charge in [-0.2, -0.15) is 5.26 Å². The first-order valence-corrected chi connectivity index (χ1v) is 5.58. The van der Waals surface area contributed by atoms with Crippen LogP contribution in [0.5, 0.6) is 0 Å².